The Kier molecular flexibility index (Phi) is 6.67. The smallest absolute Gasteiger partial charge is 0.323 e. The van der Waals surface area contributed by atoms with Gasteiger partial charge in [0.1, 0.15) is 5.54 Å². The van der Waals surface area contributed by atoms with Crippen molar-refractivity contribution in [1.29, 1.82) is 0 Å². The van der Waals surface area contributed by atoms with Crippen molar-refractivity contribution in [2.45, 2.75) is 45.3 Å². The van der Waals surface area contributed by atoms with Gasteiger partial charge in [0.25, 0.3) is 0 Å². The van der Waals surface area contributed by atoms with Gasteiger partial charge in [-0.05, 0) is 41.2 Å². The molecule has 0 aromatic carbocycles. The zero-order valence-electron chi connectivity index (χ0n) is 11.5. The molecule has 0 spiro atoms. The summed E-state index contributed by atoms with van der Waals surface area (Å²) in [6.45, 7) is 8.99. The van der Waals surface area contributed by atoms with Crippen molar-refractivity contribution in [3.63, 3.8) is 0 Å². The van der Waals surface area contributed by atoms with E-state index in [0.717, 1.165) is 0 Å². The number of carboxylic acid groups (broad SMARTS) is 1. The molecule has 0 aromatic rings. The predicted molar refractivity (Wildman–Crippen MR) is 66.2 cm³/mol. The molecule has 0 aliphatic rings. The summed E-state index contributed by atoms with van der Waals surface area (Å²) >= 11 is 0. The van der Waals surface area contributed by atoms with Crippen LogP contribution in [0.2, 0.25) is 0 Å². The molecular weight excluding hydrogens is 222 g/mol. The van der Waals surface area contributed by atoms with E-state index in [1.165, 1.54) is 0 Å². The molecule has 5 nitrogen and oxygen atoms in total. The maximum atomic E-state index is 11.0. The molecule has 0 saturated carbocycles. The van der Waals surface area contributed by atoms with Crippen LogP contribution in [0.5, 0.6) is 0 Å². The average molecular weight is 247 g/mol. The minimum Gasteiger partial charge on any atom is -0.480 e. The molecule has 0 saturated heterocycles. The minimum atomic E-state index is -0.926. The highest BCUT2D eigenvalue weighted by molar-refractivity contribution is 5.78. The number of ether oxygens (including phenoxy) is 2. The highest BCUT2D eigenvalue weighted by Crippen LogP contribution is 2.09. The van der Waals surface area contributed by atoms with E-state index in [2.05, 4.69) is 5.32 Å². The summed E-state index contributed by atoms with van der Waals surface area (Å²) in [6.07, 6.45) is 0.425. The third kappa shape index (κ3) is 7.31. The first-order valence-electron chi connectivity index (χ1n) is 5.85. The molecule has 0 heterocycles. The number of carboxylic acids is 1. The molecule has 0 aliphatic carbocycles. The van der Waals surface area contributed by atoms with Crippen LogP contribution in [0.25, 0.3) is 0 Å². The topological polar surface area (TPSA) is 67.8 Å². The predicted octanol–water partition coefficient (Wildman–Crippen LogP) is 1.27. The summed E-state index contributed by atoms with van der Waals surface area (Å²) < 4.78 is 10.8. The van der Waals surface area contributed by atoms with Crippen LogP contribution in [0.4, 0.5) is 0 Å². The number of nitrogens with one attached hydrogen (secondary N) is 1. The Morgan fingerprint density at radius 2 is 1.76 bits per heavy atom. The van der Waals surface area contributed by atoms with E-state index in [4.69, 9.17) is 14.6 Å². The fourth-order valence-electron chi connectivity index (χ4n) is 1.12. The van der Waals surface area contributed by atoms with Crippen LogP contribution in [-0.4, -0.2) is 49.1 Å². The largest absolute Gasteiger partial charge is 0.480 e. The molecule has 102 valence electrons. The van der Waals surface area contributed by atoms with Crippen molar-refractivity contribution in [2.75, 3.05) is 26.9 Å². The second-order valence-electron chi connectivity index (χ2n) is 5.21. The molecule has 1 unspecified atom stereocenters. The average Bonchev–Trinajstić information content (AvgIpc) is 2.21. The van der Waals surface area contributed by atoms with E-state index in [0.29, 0.717) is 26.2 Å². The van der Waals surface area contributed by atoms with Crippen LogP contribution in [0.3, 0.4) is 0 Å². The molecule has 2 N–H and O–H groups in total. The van der Waals surface area contributed by atoms with Crippen molar-refractivity contribution in [2.24, 2.45) is 0 Å². The Bertz CT molecular complexity index is 237. The van der Waals surface area contributed by atoms with Crippen LogP contribution in [0, 0.1) is 0 Å². The zero-order valence-corrected chi connectivity index (χ0v) is 11.5. The van der Waals surface area contributed by atoms with Crippen LogP contribution in [0.1, 0.15) is 34.1 Å². The minimum absolute atomic E-state index is 0.163. The fourth-order valence-corrected chi connectivity index (χ4v) is 1.12. The number of aliphatic carboxylic acids is 1. The quantitative estimate of drug-likeness (QED) is 0.632. The number of hydrogen-bond acceptors (Lipinski definition) is 4. The van der Waals surface area contributed by atoms with Gasteiger partial charge in [0, 0.05) is 6.61 Å². The zero-order chi connectivity index (χ0) is 13.5. The number of likely N-dealkylation sites (N-methyl/N-ethyl adjacent to an activating group) is 1. The highest BCUT2D eigenvalue weighted by Gasteiger charge is 2.30. The van der Waals surface area contributed by atoms with Gasteiger partial charge in [0.05, 0.1) is 18.8 Å². The van der Waals surface area contributed by atoms with Gasteiger partial charge in [0.2, 0.25) is 0 Å². The van der Waals surface area contributed by atoms with Crippen molar-refractivity contribution in [3.8, 4) is 0 Å². The summed E-state index contributed by atoms with van der Waals surface area (Å²) in [5.41, 5.74) is -1.09. The summed E-state index contributed by atoms with van der Waals surface area (Å²) in [4.78, 5) is 11.0. The monoisotopic (exact) mass is 247 g/mol. The second kappa shape index (κ2) is 6.93. The Labute approximate surface area is 103 Å². The van der Waals surface area contributed by atoms with Gasteiger partial charge in [-0.1, -0.05) is 0 Å². The lowest BCUT2D eigenvalue weighted by Crippen LogP contribution is -2.48. The van der Waals surface area contributed by atoms with Gasteiger partial charge in [-0.3, -0.25) is 4.79 Å². The molecule has 0 aromatic heterocycles. The first-order chi connectivity index (χ1) is 7.71. The first-order valence-corrected chi connectivity index (χ1v) is 5.85. The number of carbonyl (C=O) groups is 1. The van der Waals surface area contributed by atoms with Crippen molar-refractivity contribution in [3.05, 3.63) is 0 Å². The molecule has 0 radical (unpaired) electrons. The Morgan fingerprint density at radius 3 is 2.18 bits per heavy atom. The van der Waals surface area contributed by atoms with E-state index in [-0.39, 0.29) is 5.60 Å². The maximum absolute atomic E-state index is 11.0. The maximum Gasteiger partial charge on any atom is 0.323 e. The van der Waals surface area contributed by atoms with Gasteiger partial charge in [-0.2, -0.15) is 0 Å². The number of rotatable bonds is 8. The van der Waals surface area contributed by atoms with Crippen LogP contribution in [-0.2, 0) is 14.3 Å². The molecule has 17 heavy (non-hydrogen) atoms. The van der Waals surface area contributed by atoms with E-state index < -0.39 is 11.5 Å². The summed E-state index contributed by atoms with van der Waals surface area (Å²) in [5, 5.41) is 11.8. The van der Waals surface area contributed by atoms with Gasteiger partial charge in [0.15, 0.2) is 0 Å². The van der Waals surface area contributed by atoms with Gasteiger partial charge >= 0.3 is 5.97 Å². The summed E-state index contributed by atoms with van der Waals surface area (Å²) in [7, 11) is 1.64. The highest BCUT2D eigenvalue weighted by atomic mass is 16.5. The van der Waals surface area contributed by atoms with Gasteiger partial charge in [-0.25, -0.2) is 0 Å². The second-order valence-corrected chi connectivity index (χ2v) is 5.21. The lowest BCUT2D eigenvalue weighted by Gasteiger charge is -2.24. The Balaban J connectivity index is 3.67. The number of hydrogen-bond donors (Lipinski definition) is 2. The van der Waals surface area contributed by atoms with Crippen LogP contribution >= 0.6 is 0 Å². The van der Waals surface area contributed by atoms with E-state index >= 15 is 0 Å². The van der Waals surface area contributed by atoms with Crippen molar-refractivity contribution in [1.82, 2.24) is 5.32 Å². The van der Waals surface area contributed by atoms with Gasteiger partial charge in [-0.15, -0.1) is 0 Å². The SMILES string of the molecule is CNC(C)(CCOCCOC(C)(C)C)C(=O)O. The Hall–Kier alpha value is -0.650. The van der Waals surface area contributed by atoms with E-state index in [1.807, 2.05) is 20.8 Å². The normalized spacial score (nSPS) is 15.6. The molecule has 5 heteroatoms. The van der Waals surface area contributed by atoms with Crippen molar-refractivity contribution >= 4 is 5.97 Å². The third-order valence-corrected chi connectivity index (χ3v) is 2.53. The lowest BCUT2D eigenvalue weighted by atomic mass is 9.99. The first kappa shape index (κ1) is 16.4. The Morgan fingerprint density at radius 1 is 1.18 bits per heavy atom. The van der Waals surface area contributed by atoms with E-state index in [9.17, 15) is 4.79 Å². The molecular formula is C12H25NO4. The molecule has 0 fully saturated rings. The van der Waals surface area contributed by atoms with Gasteiger partial charge < -0.3 is 19.9 Å². The lowest BCUT2D eigenvalue weighted by molar-refractivity contribution is -0.144. The molecule has 0 bridgehead atoms. The summed E-state index contributed by atoms with van der Waals surface area (Å²) in [5.74, 6) is -0.866. The van der Waals surface area contributed by atoms with Crippen LogP contribution < -0.4 is 5.32 Å². The molecule has 0 rings (SSSR count). The van der Waals surface area contributed by atoms with Crippen LogP contribution in [0.15, 0.2) is 0 Å². The van der Waals surface area contributed by atoms with Crippen molar-refractivity contribution < 1.29 is 19.4 Å². The molecule has 0 amide bonds. The van der Waals surface area contributed by atoms with E-state index in [1.54, 1.807) is 14.0 Å². The third-order valence-electron chi connectivity index (χ3n) is 2.53. The standard InChI is InChI=1S/C12H25NO4/c1-11(2,3)17-9-8-16-7-6-12(4,13-5)10(14)15/h13H,6-9H2,1-5H3,(H,14,15). The molecule has 1 atom stereocenters. The fraction of sp³-hybridized carbons (Fsp3) is 0.917. The summed E-state index contributed by atoms with van der Waals surface area (Å²) in [6, 6.07) is 0. The molecule has 0 aliphatic heterocycles.